The first-order chi connectivity index (χ1) is 23.3. The molecule has 3 heteroatoms. The lowest BCUT2D eigenvalue weighted by Crippen LogP contribution is -2.12. The summed E-state index contributed by atoms with van der Waals surface area (Å²) in [5.74, 6) is 1.65. The predicted octanol–water partition coefficient (Wildman–Crippen LogP) is 11.5. The lowest BCUT2D eigenvalue weighted by atomic mass is 9.82. The highest BCUT2D eigenvalue weighted by atomic mass is 15.2. The Morgan fingerprint density at radius 1 is 0.489 bits per heavy atom. The smallest absolute Gasteiger partial charge is 0.138 e. The zero-order valence-corrected chi connectivity index (χ0v) is 25.8. The number of pyridine rings is 2. The van der Waals surface area contributed by atoms with Gasteiger partial charge in [0.05, 0.1) is 0 Å². The second kappa shape index (κ2) is 11.4. The van der Waals surface area contributed by atoms with Crippen molar-refractivity contribution >= 4 is 55.2 Å². The fourth-order valence-corrected chi connectivity index (χ4v) is 7.32. The van der Waals surface area contributed by atoms with Gasteiger partial charge in [0.15, 0.2) is 0 Å². The second-order valence-electron chi connectivity index (χ2n) is 12.1. The van der Waals surface area contributed by atoms with Crippen molar-refractivity contribution in [2.24, 2.45) is 0 Å². The van der Waals surface area contributed by atoms with Gasteiger partial charge in [0.25, 0.3) is 0 Å². The van der Waals surface area contributed by atoms with Gasteiger partial charge in [0.2, 0.25) is 0 Å². The Morgan fingerprint density at radius 3 is 1.72 bits per heavy atom. The van der Waals surface area contributed by atoms with Crippen molar-refractivity contribution < 1.29 is 0 Å². The minimum absolute atomic E-state index is 0.827. The topological polar surface area (TPSA) is 29.0 Å². The van der Waals surface area contributed by atoms with Crippen LogP contribution in [0.5, 0.6) is 0 Å². The average molecular weight is 602 g/mol. The number of anilines is 3. The first-order valence-electron chi connectivity index (χ1n) is 16.2. The van der Waals surface area contributed by atoms with E-state index in [1.54, 1.807) is 0 Å². The number of nitrogens with zero attached hydrogens (tertiary/aromatic N) is 3. The molecule has 0 unspecified atom stereocenters. The first kappa shape index (κ1) is 27.3. The molecular weight excluding hydrogens is 571 g/mol. The zero-order valence-electron chi connectivity index (χ0n) is 25.8. The Kier molecular flexibility index (Phi) is 6.60. The van der Waals surface area contributed by atoms with Crippen molar-refractivity contribution in [3.63, 3.8) is 0 Å². The summed E-state index contributed by atoms with van der Waals surface area (Å²) in [6.45, 7) is 0. The van der Waals surface area contributed by atoms with Crippen molar-refractivity contribution in [3.8, 4) is 11.1 Å². The molecule has 2 aromatic heterocycles. The molecule has 0 fully saturated rings. The van der Waals surface area contributed by atoms with E-state index in [0.717, 1.165) is 30.2 Å². The normalized spacial score (nSPS) is 12.6. The number of hydrogen-bond donors (Lipinski definition) is 0. The molecule has 1 aliphatic rings. The average Bonchev–Trinajstić information content (AvgIpc) is 3.15. The van der Waals surface area contributed by atoms with Crippen LogP contribution in [0.15, 0.2) is 164 Å². The minimum atomic E-state index is 0.827. The summed E-state index contributed by atoms with van der Waals surface area (Å²) in [5, 5.41) is 7.68. The Hall–Kier alpha value is -6.06. The molecule has 8 aromatic rings. The third kappa shape index (κ3) is 4.67. The van der Waals surface area contributed by atoms with Gasteiger partial charge in [0, 0.05) is 18.1 Å². The third-order valence-electron chi connectivity index (χ3n) is 9.41. The molecule has 0 bridgehead atoms. The Balaban J connectivity index is 1.24. The summed E-state index contributed by atoms with van der Waals surface area (Å²) in [6.07, 6.45) is 8.23. The van der Waals surface area contributed by atoms with Gasteiger partial charge in [-0.15, -0.1) is 0 Å². The van der Waals surface area contributed by atoms with Gasteiger partial charge in [0.1, 0.15) is 11.6 Å². The fourth-order valence-electron chi connectivity index (χ4n) is 7.32. The summed E-state index contributed by atoms with van der Waals surface area (Å²) in [7, 11) is 0. The van der Waals surface area contributed by atoms with Crippen LogP contribution in [0.3, 0.4) is 0 Å². The summed E-state index contributed by atoms with van der Waals surface area (Å²) in [6, 6.07) is 52.2. The monoisotopic (exact) mass is 601 g/mol. The molecule has 0 saturated carbocycles. The molecule has 0 saturated heterocycles. The highest BCUT2D eigenvalue weighted by Gasteiger charge is 2.20. The van der Waals surface area contributed by atoms with Gasteiger partial charge in [-0.05, 0) is 127 Å². The van der Waals surface area contributed by atoms with E-state index in [-0.39, 0.29) is 0 Å². The van der Waals surface area contributed by atoms with E-state index in [0.29, 0.717) is 0 Å². The molecule has 0 aliphatic heterocycles. The molecular formula is C44H31N3. The lowest BCUT2D eigenvalue weighted by molar-refractivity contribution is 0.978. The number of benzene rings is 6. The molecule has 2 heterocycles. The number of allylic oxidation sites excluding steroid dienone is 1. The van der Waals surface area contributed by atoms with Crippen LogP contribution in [-0.4, -0.2) is 9.97 Å². The van der Waals surface area contributed by atoms with E-state index in [4.69, 9.17) is 0 Å². The van der Waals surface area contributed by atoms with Gasteiger partial charge in [-0.3, -0.25) is 4.90 Å². The van der Waals surface area contributed by atoms with Crippen LogP contribution >= 0.6 is 0 Å². The number of fused-ring (bicyclic) bond motifs is 6. The summed E-state index contributed by atoms with van der Waals surface area (Å²) >= 11 is 0. The molecule has 9 rings (SSSR count). The van der Waals surface area contributed by atoms with Gasteiger partial charge >= 0.3 is 0 Å². The van der Waals surface area contributed by atoms with E-state index >= 15 is 0 Å². The first-order valence-corrected chi connectivity index (χ1v) is 16.2. The summed E-state index contributed by atoms with van der Waals surface area (Å²) in [5.41, 5.74) is 8.83. The van der Waals surface area contributed by atoms with Gasteiger partial charge in [-0.2, -0.15) is 0 Å². The van der Waals surface area contributed by atoms with Crippen LogP contribution in [0.1, 0.15) is 23.1 Å². The molecule has 3 nitrogen and oxygen atoms in total. The highest BCUT2D eigenvalue weighted by Crippen LogP contribution is 2.43. The molecule has 222 valence electrons. The van der Waals surface area contributed by atoms with Gasteiger partial charge in [-0.25, -0.2) is 9.97 Å². The molecule has 0 N–H and O–H groups in total. The maximum absolute atomic E-state index is 4.65. The Bertz CT molecular complexity index is 2410. The van der Waals surface area contributed by atoms with Crippen molar-refractivity contribution in [1.82, 2.24) is 9.97 Å². The van der Waals surface area contributed by atoms with Crippen molar-refractivity contribution in [2.75, 3.05) is 4.90 Å². The third-order valence-corrected chi connectivity index (χ3v) is 9.41. The highest BCUT2D eigenvalue weighted by molar-refractivity contribution is 6.25. The molecule has 0 radical (unpaired) electrons. The number of rotatable bonds is 5. The predicted molar refractivity (Wildman–Crippen MR) is 197 cm³/mol. The molecule has 47 heavy (non-hydrogen) atoms. The van der Waals surface area contributed by atoms with Crippen molar-refractivity contribution in [1.29, 1.82) is 0 Å². The molecule has 0 atom stereocenters. The Morgan fingerprint density at radius 2 is 1.06 bits per heavy atom. The largest absolute Gasteiger partial charge is 0.279 e. The van der Waals surface area contributed by atoms with E-state index in [1.807, 2.05) is 48.8 Å². The van der Waals surface area contributed by atoms with Crippen LogP contribution in [0, 0.1) is 0 Å². The second-order valence-corrected chi connectivity index (χ2v) is 12.1. The summed E-state index contributed by atoms with van der Waals surface area (Å²) < 4.78 is 0. The summed E-state index contributed by atoms with van der Waals surface area (Å²) in [4.78, 5) is 11.4. The SMILES string of the molecule is C1=C(c2cc3cc(-c4ccc(N(c5ccccn5)c5ccccn5)cc4)c4ccccc4c3c3ccccc23)c2ccccc2CC1. The van der Waals surface area contributed by atoms with E-state index in [1.165, 1.54) is 65.7 Å². The van der Waals surface area contributed by atoms with E-state index in [2.05, 4.69) is 130 Å². The molecule has 1 aliphatic carbocycles. The maximum atomic E-state index is 4.65. The molecule has 0 amide bonds. The van der Waals surface area contributed by atoms with Crippen molar-refractivity contribution in [2.45, 2.75) is 12.8 Å². The van der Waals surface area contributed by atoms with Gasteiger partial charge in [-0.1, -0.05) is 103 Å². The molecule has 0 spiro atoms. The standard InChI is InChI=1S/C44H31N3/c1-2-14-34-30(12-1)13-11-19-35(34)41-29-32-28-40(36-15-3-5-17-38(36)44(32)39-18-6-4-16-37(39)41)31-22-24-33(25-23-31)47(42-20-7-9-26-45-42)43-21-8-10-27-46-43/h1-10,12,14-29H,11,13H2. The molecule has 6 aromatic carbocycles. The number of hydrogen-bond acceptors (Lipinski definition) is 3. The minimum Gasteiger partial charge on any atom is -0.279 e. The van der Waals surface area contributed by atoms with Crippen LogP contribution < -0.4 is 4.90 Å². The van der Waals surface area contributed by atoms with Gasteiger partial charge < -0.3 is 0 Å². The zero-order chi connectivity index (χ0) is 31.2. The number of aromatic nitrogens is 2. The Labute approximate surface area is 274 Å². The van der Waals surface area contributed by atoms with Crippen molar-refractivity contribution in [3.05, 3.63) is 181 Å². The maximum Gasteiger partial charge on any atom is 0.138 e. The van der Waals surface area contributed by atoms with Crippen LogP contribution in [0.25, 0.3) is 49.0 Å². The van der Waals surface area contributed by atoms with Crippen LogP contribution in [-0.2, 0) is 6.42 Å². The van der Waals surface area contributed by atoms with Crippen LogP contribution in [0.4, 0.5) is 17.3 Å². The van der Waals surface area contributed by atoms with Crippen LogP contribution in [0.2, 0.25) is 0 Å². The van der Waals surface area contributed by atoms with E-state index < -0.39 is 0 Å². The fraction of sp³-hybridized carbons (Fsp3) is 0.0455. The lowest BCUT2D eigenvalue weighted by Gasteiger charge is -2.23. The quantitative estimate of drug-likeness (QED) is 0.184. The number of aryl methyl sites for hydroxylation is 1. The van der Waals surface area contributed by atoms with E-state index in [9.17, 15) is 0 Å².